The van der Waals surface area contributed by atoms with Crippen LogP contribution >= 0.6 is 0 Å². The molecule has 0 bridgehead atoms. The zero-order valence-corrected chi connectivity index (χ0v) is 9.60. The van der Waals surface area contributed by atoms with Crippen molar-refractivity contribution in [2.75, 3.05) is 6.79 Å². The van der Waals surface area contributed by atoms with Crippen LogP contribution in [-0.2, 0) is 0 Å². The maximum atomic E-state index is 12.9. The summed E-state index contributed by atoms with van der Waals surface area (Å²) in [4.78, 5) is 0. The molecule has 2 aromatic rings. The number of hydrogen-bond donors (Lipinski definition) is 1. The van der Waals surface area contributed by atoms with Crippen molar-refractivity contribution in [1.82, 2.24) is 0 Å². The number of rotatable bonds is 2. The molecule has 0 aliphatic carbocycles. The second kappa shape index (κ2) is 4.31. The Morgan fingerprint density at radius 1 is 0.944 bits per heavy atom. The van der Waals surface area contributed by atoms with Gasteiger partial charge in [0.05, 0.1) is 6.04 Å². The largest absolute Gasteiger partial charge is 0.454 e. The molecule has 0 amide bonds. The topological polar surface area (TPSA) is 44.5 Å². The normalized spacial score (nSPS) is 14.6. The van der Waals surface area contributed by atoms with Crippen LogP contribution in [0.2, 0.25) is 0 Å². The average molecular weight is 245 g/mol. The van der Waals surface area contributed by atoms with Crippen LogP contribution in [0.15, 0.2) is 42.5 Å². The summed E-state index contributed by atoms with van der Waals surface area (Å²) in [6.07, 6.45) is 0. The maximum Gasteiger partial charge on any atom is 0.231 e. The van der Waals surface area contributed by atoms with E-state index in [2.05, 4.69) is 0 Å². The molecule has 3 rings (SSSR count). The highest BCUT2D eigenvalue weighted by Crippen LogP contribution is 2.34. The van der Waals surface area contributed by atoms with Crippen LogP contribution in [0, 0.1) is 5.82 Å². The van der Waals surface area contributed by atoms with E-state index < -0.39 is 0 Å². The third kappa shape index (κ3) is 1.91. The summed E-state index contributed by atoms with van der Waals surface area (Å²) >= 11 is 0. The molecule has 3 nitrogen and oxygen atoms in total. The van der Waals surface area contributed by atoms with Gasteiger partial charge in [0.2, 0.25) is 6.79 Å². The standard InChI is InChI=1S/C14H12FNO2/c15-11-4-1-9(2-5-11)14(16)10-3-6-12-13(7-10)18-8-17-12/h1-7,14H,8,16H2. The summed E-state index contributed by atoms with van der Waals surface area (Å²) in [6.45, 7) is 0.241. The molecule has 0 radical (unpaired) electrons. The smallest absolute Gasteiger partial charge is 0.231 e. The van der Waals surface area contributed by atoms with Gasteiger partial charge in [-0.15, -0.1) is 0 Å². The van der Waals surface area contributed by atoms with Crippen LogP contribution in [0.3, 0.4) is 0 Å². The molecule has 1 heterocycles. The van der Waals surface area contributed by atoms with E-state index in [1.165, 1.54) is 12.1 Å². The van der Waals surface area contributed by atoms with Crippen LogP contribution in [0.4, 0.5) is 4.39 Å². The molecule has 18 heavy (non-hydrogen) atoms. The first-order valence-corrected chi connectivity index (χ1v) is 5.64. The molecule has 0 fully saturated rings. The predicted octanol–water partition coefficient (Wildman–Crippen LogP) is 2.60. The molecule has 0 saturated heterocycles. The summed E-state index contributed by atoms with van der Waals surface area (Å²) in [5.74, 6) is 1.16. The number of ether oxygens (including phenoxy) is 2. The van der Waals surface area contributed by atoms with E-state index in [0.717, 1.165) is 16.9 Å². The van der Waals surface area contributed by atoms with Gasteiger partial charge in [-0.05, 0) is 35.4 Å². The summed E-state index contributed by atoms with van der Waals surface area (Å²) in [7, 11) is 0. The third-order valence-electron chi connectivity index (χ3n) is 2.98. The van der Waals surface area contributed by atoms with Gasteiger partial charge < -0.3 is 15.2 Å². The Morgan fingerprint density at radius 3 is 2.39 bits per heavy atom. The van der Waals surface area contributed by atoms with Crippen LogP contribution in [0.5, 0.6) is 11.5 Å². The third-order valence-corrected chi connectivity index (χ3v) is 2.98. The Labute approximate surface area is 104 Å². The first-order valence-electron chi connectivity index (χ1n) is 5.64. The highest BCUT2D eigenvalue weighted by atomic mass is 19.1. The Bertz CT molecular complexity index is 569. The minimum Gasteiger partial charge on any atom is -0.454 e. The number of hydrogen-bond acceptors (Lipinski definition) is 3. The summed E-state index contributed by atoms with van der Waals surface area (Å²) in [6, 6.07) is 11.5. The molecule has 0 aromatic heterocycles. The zero-order chi connectivity index (χ0) is 12.5. The number of halogens is 1. The van der Waals surface area contributed by atoms with E-state index in [1.54, 1.807) is 12.1 Å². The number of benzene rings is 2. The van der Waals surface area contributed by atoms with Crippen molar-refractivity contribution >= 4 is 0 Å². The SMILES string of the molecule is NC(c1ccc(F)cc1)c1ccc2c(c1)OCO2. The number of nitrogens with two attached hydrogens (primary N) is 1. The molecule has 1 unspecified atom stereocenters. The fourth-order valence-electron chi connectivity index (χ4n) is 1.97. The van der Waals surface area contributed by atoms with E-state index >= 15 is 0 Å². The van der Waals surface area contributed by atoms with Gasteiger partial charge in [-0.1, -0.05) is 18.2 Å². The van der Waals surface area contributed by atoms with Gasteiger partial charge in [-0.2, -0.15) is 0 Å². The van der Waals surface area contributed by atoms with Crippen molar-refractivity contribution in [3.63, 3.8) is 0 Å². The fourth-order valence-corrected chi connectivity index (χ4v) is 1.97. The number of fused-ring (bicyclic) bond motifs is 1. The van der Waals surface area contributed by atoms with Crippen molar-refractivity contribution in [1.29, 1.82) is 0 Å². The van der Waals surface area contributed by atoms with Crippen LogP contribution < -0.4 is 15.2 Å². The Morgan fingerprint density at radius 2 is 1.61 bits per heavy atom. The average Bonchev–Trinajstić information content (AvgIpc) is 2.86. The predicted molar refractivity (Wildman–Crippen MR) is 65.0 cm³/mol. The van der Waals surface area contributed by atoms with Crippen molar-refractivity contribution in [2.45, 2.75) is 6.04 Å². The Hall–Kier alpha value is -2.07. The lowest BCUT2D eigenvalue weighted by atomic mass is 9.99. The van der Waals surface area contributed by atoms with Crippen molar-refractivity contribution in [3.05, 3.63) is 59.4 Å². The van der Waals surface area contributed by atoms with E-state index in [-0.39, 0.29) is 18.7 Å². The molecule has 1 atom stereocenters. The minimum atomic E-state index is -0.305. The Kier molecular flexibility index (Phi) is 2.64. The van der Waals surface area contributed by atoms with Crippen molar-refractivity contribution < 1.29 is 13.9 Å². The van der Waals surface area contributed by atoms with E-state index in [0.29, 0.717) is 5.75 Å². The van der Waals surface area contributed by atoms with E-state index in [9.17, 15) is 4.39 Å². The van der Waals surface area contributed by atoms with Gasteiger partial charge in [0.25, 0.3) is 0 Å². The Balaban J connectivity index is 1.92. The van der Waals surface area contributed by atoms with Gasteiger partial charge in [0.15, 0.2) is 11.5 Å². The molecule has 2 N–H and O–H groups in total. The minimum absolute atomic E-state index is 0.241. The second-order valence-electron chi connectivity index (χ2n) is 4.14. The first kappa shape index (κ1) is 11.0. The molecule has 2 aromatic carbocycles. The van der Waals surface area contributed by atoms with Gasteiger partial charge in [-0.25, -0.2) is 4.39 Å². The molecule has 0 spiro atoms. The highest BCUT2D eigenvalue weighted by Gasteiger charge is 2.16. The van der Waals surface area contributed by atoms with Crippen molar-refractivity contribution in [2.24, 2.45) is 5.73 Å². The molecular formula is C14H12FNO2. The van der Waals surface area contributed by atoms with E-state index in [1.807, 2.05) is 18.2 Å². The zero-order valence-electron chi connectivity index (χ0n) is 9.60. The second-order valence-corrected chi connectivity index (χ2v) is 4.14. The molecule has 4 heteroatoms. The molecule has 92 valence electrons. The summed E-state index contributed by atoms with van der Waals surface area (Å²) in [5, 5.41) is 0. The first-order chi connectivity index (χ1) is 8.74. The molecule has 1 aliphatic rings. The lowest BCUT2D eigenvalue weighted by Crippen LogP contribution is -2.11. The molecular weight excluding hydrogens is 233 g/mol. The van der Waals surface area contributed by atoms with Crippen LogP contribution in [0.25, 0.3) is 0 Å². The fraction of sp³-hybridized carbons (Fsp3) is 0.143. The van der Waals surface area contributed by atoms with Gasteiger partial charge in [0.1, 0.15) is 5.82 Å². The van der Waals surface area contributed by atoms with Crippen LogP contribution in [0.1, 0.15) is 17.2 Å². The lowest BCUT2D eigenvalue weighted by molar-refractivity contribution is 0.174. The summed E-state index contributed by atoms with van der Waals surface area (Å²) < 4.78 is 23.4. The van der Waals surface area contributed by atoms with E-state index in [4.69, 9.17) is 15.2 Å². The van der Waals surface area contributed by atoms with Gasteiger partial charge in [0, 0.05) is 0 Å². The monoisotopic (exact) mass is 245 g/mol. The maximum absolute atomic E-state index is 12.9. The van der Waals surface area contributed by atoms with Gasteiger partial charge >= 0.3 is 0 Å². The summed E-state index contributed by atoms with van der Waals surface area (Å²) in [5.41, 5.74) is 7.91. The highest BCUT2D eigenvalue weighted by molar-refractivity contribution is 5.47. The van der Waals surface area contributed by atoms with Crippen molar-refractivity contribution in [3.8, 4) is 11.5 Å². The van der Waals surface area contributed by atoms with Gasteiger partial charge in [-0.3, -0.25) is 0 Å². The quantitative estimate of drug-likeness (QED) is 0.884. The lowest BCUT2D eigenvalue weighted by Gasteiger charge is -2.13. The van der Waals surface area contributed by atoms with Crippen LogP contribution in [-0.4, -0.2) is 6.79 Å². The molecule has 1 aliphatic heterocycles. The molecule has 0 saturated carbocycles.